The molecule has 1 amide bonds. The second-order valence-electron chi connectivity index (χ2n) is 9.22. The summed E-state index contributed by atoms with van der Waals surface area (Å²) < 4.78 is 2.03. The van der Waals surface area contributed by atoms with E-state index in [9.17, 15) is 14.8 Å². The molecule has 3 N–H and O–H groups in total. The summed E-state index contributed by atoms with van der Waals surface area (Å²) in [5, 5.41) is 26.9. The lowest BCUT2D eigenvalue weighted by Crippen LogP contribution is -2.48. The molecule has 6 nitrogen and oxygen atoms in total. The van der Waals surface area contributed by atoms with Gasteiger partial charge in [-0.15, -0.1) is 0 Å². The van der Waals surface area contributed by atoms with E-state index in [-0.39, 0.29) is 22.3 Å². The van der Waals surface area contributed by atoms with Gasteiger partial charge in [-0.2, -0.15) is 5.10 Å². The van der Waals surface area contributed by atoms with E-state index in [1.165, 1.54) is 32.1 Å². The summed E-state index contributed by atoms with van der Waals surface area (Å²) in [7, 11) is -1.58. The molecule has 1 unspecified atom stereocenters. The van der Waals surface area contributed by atoms with Gasteiger partial charge < -0.3 is 15.4 Å². The van der Waals surface area contributed by atoms with E-state index in [1.54, 1.807) is 4.68 Å². The molecule has 1 aromatic carbocycles. The molecule has 2 rings (SSSR count). The first-order valence-corrected chi connectivity index (χ1v) is 13.5. The summed E-state index contributed by atoms with van der Waals surface area (Å²) in [5.74, 6) is -0.720. The zero-order valence-corrected chi connectivity index (χ0v) is 22.4. The third-order valence-electron chi connectivity index (χ3n) is 5.74. The molecule has 0 radical (unpaired) electrons. The van der Waals surface area contributed by atoms with Crippen LogP contribution in [0.15, 0.2) is 36.4 Å². The van der Waals surface area contributed by atoms with Gasteiger partial charge in [0.2, 0.25) is 5.91 Å². The maximum Gasteiger partial charge on any atom is 0.475 e. The van der Waals surface area contributed by atoms with Gasteiger partial charge in [0.05, 0.1) is 21.3 Å². The molecule has 0 aliphatic heterocycles. The van der Waals surface area contributed by atoms with Crippen LogP contribution in [-0.4, -0.2) is 38.8 Å². The van der Waals surface area contributed by atoms with Crippen LogP contribution in [0.25, 0.3) is 11.3 Å². The standard InChI is InChI=1S/C25H39BIN3O3/c1-4-5-6-7-8-12-15-21(27)23-17-22(20-13-10-9-11-14-20)29-30(23)18-25(31)28-24(26(32)33)16-19(2)3/h9-11,13-14,17,19,21,24,32-33H,4-8,12,15-16,18H2,1-3H3,(H,28,31)/t21?,24-/m0/s1. The van der Waals surface area contributed by atoms with Crippen LogP contribution in [0.1, 0.15) is 81.8 Å². The molecule has 0 saturated carbocycles. The van der Waals surface area contributed by atoms with Gasteiger partial charge in [-0.05, 0) is 24.8 Å². The van der Waals surface area contributed by atoms with Gasteiger partial charge >= 0.3 is 7.12 Å². The van der Waals surface area contributed by atoms with Gasteiger partial charge in [0.15, 0.2) is 0 Å². The highest BCUT2D eigenvalue weighted by atomic mass is 127. The van der Waals surface area contributed by atoms with Crippen LogP contribution < -0.4 is 5.32 Å². The van der Waals surface area contributed by atoms with Crippen molar-refractivity contribution >= 4 is 35.6 Å². The van der Waals surface area contributed by atoms with Crippen LogP contribution in [0, 0.1) is 5.92 Å². The highest BCUT2D eigenvalue weighted by Gasteiger charge is 2.27. The zero-order valence-electron chi connectivity index (χ0n) is 20.2. The maximum atomic E-state index is 12.8. The number of hydrogen-bond donors (Lipinski definition) is 3. The number of hydrogen-bond acceptors (Lipinski definition) is 4. The molecule has 0 aliphatic rings. The molecule has 0 bridgehead atoms. The third kappa shape index (κ3) is 9.79. The Balaban J connectivity index is 2.12. The van der Waals surface area contributed by atoms with Gasteiger partial charge in [0.1, 0.15) is 6.54 Å². The number of amides is 1. The number of nitrogens with one attached hydrogen (secondary N) is 1. The molecular formula is C25H39BIN3O3. The number of carbonyl (C=O) groups is 1. The number of unbranched alkanes of at least 4 members (excludes halogenated alkanes) is 5. The predicted octanol–water partition coefficient (Wildman–Crippen LogP) is 5.32. The molecular weight excluding hydrogens is 528 g/mol. The number of aromatic nitrogens is 2. The van der Waals surface area contributed by atoms with E-state index in [2.05, 4.69) is 40.9 Å². The molecule has 8 heteroatoms. The van der Waals surface area contributed by atoms with E-state index < -0.39 is 13.1 Å². The van der Waals surface area contributed by atoms with E-state index in [4.69, 9.17) is 5.10 Å². The van der Waals surface area contributed by atoms with Crippen molar-refractivity contribution in [3.05, 3.63) is 42.1 Å². The van der Waals surface area contributed by atoms with E-state index in [0.717, 1.165) is 29.8 Å². The summed E-state index contributed by atoms with van der Waals surface area (Å²) in [5.41, 5.74) is 2.90. The molecule has 2 atom stereocenters. The lowest BCUT2D eigenvalue weighted by Gasteiger charge is -2.20. The second kappa shape index (κ2) is 14.8. The summed E-state index contributed by atoms with van der Waals surface area (Å²) in [6.45, 7) is 6.26. The molecule has 0 saturated heterocycles. The lowest BCUT2D eigenvalue weighted by molar-refractivity contribution is -0.122. The lowest BCUT2D eigenvalue weighted by atomic mass is 9.75. The SMILES string of the molecule is CCCCCCCCC(I)c1cc(-c2ccccc2)nn1CC(=O)N[C@@H](CC(C)C)B(O)O. The highest BCUT2D eigenvalue weighted by Crippen LogP contribution is 2.32. The van der Waals surface area contributed by atoms with Crippen molar-refractivity contribution in [1.29, 1.82) is 0 Å². The molecule has 0 spiro atoms. The van der Waals surface area contributed by atoms with Crippen molar-refractivity contribution in [2.24, 2.45) is 5.92 Å². The fourth-order valence-electron chi connectivity index (χ4n) is 3.96. The molecule has 1 heterocycles. The topological polar surface area (TPSA) is 87.4 Å². The van der Waals surface area contributed by atoms with Crippen LogP contribution in [0.5, 0.6) is 0 Å². The zero-order chi connectivity index (χ0) is 24.2. The van der Waals surface area contributed by atoms with E-state index in [0.29, 0.717) is 6.42 Å². The molecule has 33 heavy (non-hydrogen) atoms. The fraction of sp³-hybridized carbons (Fsp3) is 0.600. The average Bonchev–Trinajstić information content (AvgIpc) is 3.19. The minimum Gasteiger partial charge on any atom is -0.426 e. The van der Waals surface area contributed by atoms with Crippen molar-refractivity contribution < 1.29 is 14.8 Å². The quantitative estimate of drug-likeness (QED) is 0.118. The molecule has 0 fully saturated rings. The van der Waals surface area contributed by atoms with Gasteiger partial charge in [-0.1, -0.05) is 112 Å². The Bertz CT molecular complexity index is 830. The van der Waals surface area contributed by atoms with Crippen LogP contribution in [0.3, 0.4) is 0 Å². The first-order chi connectivity index (χ1) is 15.8. The van der Waals surface area contributed by atoms with Crippen LogP contribution in [-0.2, 0) is 11.3 Å². The van der Waals surface area contributed by atoms with Crippen LogP contribution in [0.4, 0.5) is 0 Å². The van der Waals surface area contributed by atoms with Gasteiger partial charge in [0, 0.05) is 5.56 Å². The highest BCUT2D eigenvalue weighted by molar-refractivity contribution is 14.1. The predicted molar refractivity (Wildman–Crippen MR) is 144 cm³/mol. The normalized spacial score (nSPS) is 13.2. The smallest absolute Gasteiger partial charge is 0.426 e. The minimum absolute atomic E-state index is 0.0550. The summed E-state index contributed by atoms with van der Waals surface area (Å²) in [4.78, 5) is 12.8. The number of nitrogens with zero attached hydrogens (tertiary/aromatic N) is 2. The van der Waals surface area contributed by atoms with E-state index in [1.807, 2.05) is 44.2 Å². The van der Waals surface area contributed by atoms with E-state index >= 15 is 0 Å². The van der Waals surface area contributed by atoms with Crippen molar-refractivity contribution in [1.82, 2.24) is 15.1 Å². The second-order valence-corrected chi connectivity index (χ2v) is 10.7. The molecule has 2 aromatic rings. The fourth-order valence-corrected chi connectivity index (χ4v) is 4.90. The Kier molecular flexibility index (Phi) is 12.5. The summed E-state index contributed by atoms with van der Waals surface area (Å²) in [6.07, 6.45) is 9.05. The average molecular weight is 567 g/mol. The van der Waals surface area contributed by atoms with Crippen molar-refractivity contribution in [3.63, 3.8) is 0 Å². The number of benzene rings is 1. The first-order valence-electron chi connectivity index (χ1n) is 12.2. The number of halogens is 1. The van der Waals surface area contributed by atoms with Crippen molar-refractivity contribution in [2.75, 3.05) is 0 Å². The summed E-state index contributed by atoms with van der Waals surface area (Å²) >= 11 is 2.46. The van der Waals surface area contributed by atoms with Crippen molar-refractivity contribution in [2.45, 2.75) is 88.5 Å². The molecule has 182 valence electrons. The third-order valence-corrected chi connectivity index (χ3v) is 7.00. The van der Waals surface area contributed by atoms with Crippen molar-refractivity contribution in [3.8, 4) is 11.3 Å². The Labute approximate surface area is 212 Å². The van der Waals surface area contributed by atoms with Crippen LogP contribution in [0.2, 0.25) is 0 Å². The Morgan fingerprint density at radius 2 is 1.79 bits per heavy atom. The van der Waals surface area contributed by atoms with Crippen LogP contribution >= 0.6 is 22.6 Å². The molecule has 0 aliphatic carbocycles. The Morgan fingerprint density at radius 3 is 2.42 bits per heavy atom. The number of alkyl halides is 1. The number of carbonyl (C=O) groups excluding carboxylic acids is 1. The van der Waals surface area contributed by atoms with Gasteiger partial charge in [-0.25, -0.2) is 0 Å². The Hall–Kier alpha value is -1.39. The maximum absolute atomic E-state index is 12.8. The molecule has 1 aromatic heterocycles. The Morgan fingerprint density at radius 1 is 1.12 bits per heavy atom. The minimum atomic E-state index is -1.58. The number of rotatable bonds is 15. The summed E-state index contributed by atoms with van der Waals surface area (Å²) in [6, 6.07) is 12.1. The monoisotopic (exact) mass is 567 g/mol. The first kappa shape index (κ1) is 27.9. The van der Waals surface area contributed by atoms with Gasteiger partial charge in [-0.3, -0.25) is 9.48 Å². The van der Waals surface area contributed by atoms with Gasteiger partial charge in [0.25, 0.3) is 0 Å². The largest absolute Gasteiger partial charge is 0.475 e.